The Kier molecular flexibility index (Phi) is 8.00. The van der Waals surface area contributed by atoms with Crippen LogP contribution < -0.4 is 0 Å². The number of carbonyl (C=O) groups excluding carboxylic acids is 1. The third kappa shape index (κ3) is 6.40. The molecule has 7 heteroatoms. The Morgan fingerprint density at radius 1 is 0.938 bits per heavy atom. The van der Waals surface area contributed by atoms with Crippen LogP contribution in [0, 0.1) is 12.8 Å². The number of aliphatic carboxylic acids is 2. The number of amides is 1. The third-order valence-electron chi connectivity index (χ3n) is 6.01. The summed E-state index contributed by atoms with van der Waals surface area (Å²) in [5.74, 6) is -3.14. The molecule has 2 N–H and O–H groups in total. The molecule has 1 fully saturated rings. The number of piperidine rings is 1. The summed E-state index contributed by atoms with van der Waals surface area (Å²) in [5.41, 5.74) is 5.36. The normalized spacial score (nSPS) is 18.2. The highest BCUT2D eigenvalue weighted by atomic mass is 16.4. The van der Waals surface area contributed by atoms with Gasteiger partial charge in [-0.05, 0) is 49.4 Å². The number of benzene rings is 2. The van der Waals surface area contributed by atoms with Crippen molar-refractivity contribution in [2.75, 3.05) is 19.6 Å². The molecule has 1 unspecified atom stereocenters. The Hall–Kier alpha value is -3.19. The maximum absolute atomic E-state index is 13.1. The molecule has 4 rings (SSSR count). The monoisotopic (exact) mass is 438 g/mol. The summed E-state index contributed by atoms with van der Waals surface area (Å²) in [4.78, 5) is 35.8. The number of aryl methyl sites for hydroxylation is 1. The van der Waals surface area contributed by atoms with Crippen LogP contribution in [0.25, 0.3) is 0 Å². The molecule has 0 aliphatic carbocycles. The van der Waals surface area contributed by atoms with E-state index >= 15 is 0 Å². The molecule has 2 aliphatic rings. The first kappa shape index (κ1) is 23.5. The van der Waals surface area contributed by atoms with Crippen molar-refractivity contribution in [3.05, 3.63) is 70.8 Å². The second-order valence-electron chi connectivity index (χ2n) is 8.45. The maximum atomic E-state index is 13.1. The van der Waals surface area contributed by atoms with Crippen molar-refractivity contribution < 1.29 is 24.6 Å². The van der Waals surface area contributed by atoms with Crippen molar-refractivity contribution in [1.82, 2.24) is 9.80 Å². The Labute approximate surface area is 188 Å². The van der Waals surface area contributed by atoms with Crippen LogP contribution in [0.5, 0.6) is 0 Å². The lowest BCUT2D eigenvalue weighted by molar-refractivity contribution is -0.159. The van der Waals surface area contributed by atoms with Crippen molar-refractivity contribution in [2.24, 2.45) is 5.92 Å². The van der Waals surface area contributed by atoms with E-state index in [0.29, 0.717) is 5.91 Å². The standard InChI is InChI=1S/C23H28N2O.C2H2O4/c1-18-8-10-19(11-9-18)15-24-13-4-7-22(16-24)23(26)25-14-12-20-5-2-3-6-21(20)17-25;3-1(4)2(5)6/h2-3,5-6,8-11,22H,4,7,12-17H2,1H3;(H,3,4)(H,5,6). The minimum Gasteiger partial charge on any atom is -0.473 e. The van der Waals surface area contributed by atoms with Gasteiger partial charge >= 0.3 is 11.9 Å². The fraction of sp³-hybridized carbons (Fsp3) is 0.400. The highest BCUT2D eigenvalue weighted by molar-refractivity contribution is 6.27. The van der Waals surface area contributed by atoms with Gasteiger partial charge in [0.2, 0.25) is 5.91 Å². The molecule has 2 aromatic carbocycles. The molecule has 2 heterocycles. The fourth-order valence-electron chi connectivity index (χ4n) is 4.29. The zero-order valence-corrected chi connectivity index (χ0v) is 18.4. The molecule has 2 aliphatic heterocycles. The first-order valence-electron chi connectivity index (χ1n) is 10.9. The van der Waals surface area contributed by atoms with Crippen molar-refractivity contribution in [1.29, 1.82) is 0 Å². The summed E-state index contributed by atoms with van der Waals surface area (Å²) in [6.07, 6.45) is 3.13. The summed E-state index contributed by atoms with van der Waals surface area (Å²) < 4.78 is 0. The topological polar surface area (TPSA) is 98.2 Å². The van der Waals surface area contributed by atoms with E-state index in [1.807, 2.05) is 0 Å². The molecule has 0 aromatic heterocycles. The minimum atomic E-state index is -1.82. The van der Waals surface area contributed by atoms with Crippen molar-refractivity contribution in [3.63, 3.8) is 0 Å². The zero-order valence-electron chi connectivity index (χ0n) is 18.4. The van der Waals surface area contributed by atoms with Gasteiger partial charge in [0, 0.05) is 26.2 Å². The summed E-state index contributed by atoms with van der Waals surface area (Å²) in [5, 5.41) is 14.8. The van der Waals surface area contributed by atoms with Gasteiger partial charge in [-0.3, -0.25) is 9.69 Å². The summed E-state index contributed by atoms with van der Waals surface area (Å²) in [6, 6.07) is 17.3. The first-order valence-corrected chi connectivity index (χ1v) is 10.9. The Morgan fingerprint density at radius 2 is 1.59 bits per heavy atom. The molecule has 2 aromatic rings. The Balaban J connectivity index is 0.000000427. The lowest BCUT2D eigenvalue weighted by Gasteiger charge is -2.36. The number of rotatable bonds is 3. The lowest BCUT2D eigenvalue weighted by Crippen LogP contribution is -2.46. The highest BCUT2D eigenvalue weighted by Gasteiger charge is 2.30. The summed E-state index contributed by atoms with van der Waals surface area (Å²) in [7, 11) is 0. The van der Waals surface area contributed by atoms with E-state index in [1.54, 1.807) is 0 Å². The number of carboxylic acid groups (broad SMARTS) is 2. The van der Waals surface area contributed by atoms with Crippen LogP contribution in [0.4, 0.5) is 0 Å². The predicted molar refractivity (Wildman–Crippen MR) is 120 cm³/mol. The van der Waals surface area contributed by atoms with E-state index in [1.165, 1.54) is 22.3 Å². The van der Waals surface area contributed by atoms with Gasteiger partial charge in [-0.2, -0.15) is 0 Å². The Morgan fingerprint density at radius 3 is 2.25 bits per heavy atom. The van der Waals surface area contributed by atoms with Gasteiger partial charge in [0.05, 0.1) is 5.92 Å². The maximum Gasteiger partial charge on any atom is 0.414 e. The number of carbonyl (C=O) groups is 3. The average molecular weight is 439 g/mol. The van der Waals surface area contributed by atoms with E-state index in [2.05, 4.69) is 65.3 Å². The number of hydrogen-bond donors (Lipinski definition) is 2. The molecule has 0 spiro atoms. The van der Waals surface area contributed by atoms with E-state index < -0.39 is 11.9 Å². The number of hydrogen-bond acceptors (Lipinski definition) is 4. The molecule has 170 valence electrons. The van der Waals surface area contributed by atoms with Gasteiger partial charge in [0.25, 0.3) is 0 Å². The SMILES string of the molecule is Cc1ccc(CN2CCCC(C(=O)N3CCc4ccccc4C3)C2)cc1.O=C(O)C(=O)O. The van der Waals surface area contributed by atoms with E-state index in [4.69, 9.17) is 19.8 Å². The van der Waals surface area contributed by atoms with E-state index in [9.17, 15) is 4.79 Å². The van der Waals surface area contributed by atoms with Crippen LogP contribution >= 0.6 is 0 Å². The van der Waals surface area contributed by atoms with E-state index in [-0.39, 0.29) is 5.92 Å². The number of carboxylic acids is 2. The van der Waals surface area contributed by atoms with Gasteiger partial charge in [0.1, 0.15) is 0 Å². The second-order valence-corrected chi connectivity index (χ2v) is 8.45. The molecule has 1 atom stereocenters. The minimum absolute atomic E-state index is 0.152. The summed E-state index contributed by atoms with van der Waals surface area (Å²) >= 11 is 0. The van der Waals surface area contributed by atoms with E-state index in [0.717, 1.165) is 52.0 Å². The van der Waals surface area contributed by atoms with Crippen molar-refractivity contribution in [2.45, 2.75) is 39.3 Å². The number of likely N-dealkylation sites (tertiary alicyclic amines) is 1. The molecule has 32 heavy (non-hydrogen) atoms. The smallest absolute Gasteiger partial charge is 0.414 e. The van der Waals surface area contributed by atoms with Crippen LogP contribution in [0.1, 0.15) is 35.1 Å². The quantitative estimate of drug-likeness (QED) is 0.715. The van der Waals surface area contributed by atoms with Gasteiger partial charge in [-0.25, -0.2) is 9.59 Å². The van der Waals surface area contributed by atoms with Gasteiger partial charge < -0.3 is 15.1 Å². The second kappa shape index (κ2) is 10.9. The molecular formula is C25H30N2O5. The number of nitrogens with zero attached hydrogens (tertiary/aromatic N) is 2. The average Bonchev–Trinajstić information content (AvgIpc) is 2.80. The van der Waals surface area contributed by atoms with Gasteiger partial charge in [0.15, 0.2) is 0 Å². The van der Waals surface area contributed by atoms with Crippen LogP contribution in [-0.4, -0.2) is 57.5 Å². The summed E-state index contributed by atoms with van der Waals surface area (Å²) in [6.45, 7) is 6.71. The molecule has 0 radical (unpaired) electrons. The highest BCUT2D eigenvalue weighted by Crippen LogP contribution is 2.25. The van der Waals surface area contributed by atoms with Crippen molar-refractivity contribution in [3.8, 4) is 0 Å². The fourth-order valence-corrected chi connectivity index (χ4v) is 4.29. The largest absolute Gasteiger partial charge is 0.473 e. The molecule has 1 amide bonds. The van der Waals surface area contributed by atoms with Crippen LogP contribution in [0.2, 0.25) is 0 Å². The molecule has 0 saturated carbocycles. The van der Waals surface area contributed by atoms with Gasteiger partial charge in [-0.15, -0.1) is 0 Å². The molecule has 1 saturated heterocycles. The van der Waals surface area contributed by atoms with Crippen LogP contribution in [-0.2, 0) is 33.9 Å². The first-order chi connectivity index (χ1) is 15.3. The third-order valence-corrected chi connectivity index (χ3v) is 6.01. The van der Waals surface area contributed by atoms with Crippen LogP contribution in [0.15, 0.2) is 48.5 Å². The lowest BCUT2D eigenvalue weighted by atomic mass is 9.93. The molecule has 0 bridgehead atoms. The molecule has 7 nitrogen and oxygen atoms in total. The predicted octanol–water partition coefficient (Wildman–Crippen LogP) is 2.95. The Bertz CT molecular complexity index is 945. The van der Waals surface area contributed by atoms with Crippen LogP contribution in [0.3, 0.4) is 0 Å². The van der Waals surface area contributed by atoms with Gasteiger partial charge in [-0.1, -0.05) is 54.1 Å². The zero-order chi connectivity index (χ0) is 23.1. The number of fused-ring (bicyclic) bond motifs is 1. The molecular weight excluding hydrogens is 408 g/mol. The van der Waals surface area contributed by atoms with Crippen molar-refractivity contribution >= 4 is 17.8 Å².